The van der Waals surface area contributed by atoms with Crippen molar-refractivity contribution in [2.24, 2.45) is 11.3 Å². The van der Waals surface area contributed by atoms with Crippen LogP contribution in [0, 0.1) is 11.3 Å². The summed E-state index contributed by atoms with van der Waals surface area (Å²) < 4.78 is 0. The Hall–Kier alpha value is -1.28. The molecule has 0 aliphatic heterocycles. The van der Waals surface area contributed by atoms with Crippen molar-refractivity contribution in [2.45, 2.75) is 34.2 Å². The van der Waals surface area contributed by atoms with E-state index >= 15 is 0 Å². The predicted octanol–water partition coefficient (Wildman–Crippen LogP) is 3.94. The van der Waals surface area contributed by atoms with Gasteiger partial charge in [-0.15, -0.1) is 0 Å². The molecule has 1 aromatic heterocycles. The summed E-state index contributed by atoms with van der Waals surface area (Å²) in [7, 11) is 0. The van der Waals surface area contributed by atoms with Gasteiger partial charge in [-0.2, -0.15) is 0 Å². The zero-order valence-electron chi connectivity index (χ0n) is 11.9. The van der Waals surface area contributed by atoms with Gasteiger partial charge in [-0.1, -0.05) is 39.8 Å². The van der Waals surface area contributed by atoms with Gasteiger partial charge in [0.15, 0.2) is 0 Å². The standard InChI is InChI=1S/C16H24N2/c1-12(2)16(3,4)11-17-10-13-5-6-14-7-8-18-15(14)9-13/h5-9,12,17-18H,10-11H2,1-4H3. The lowest BCUT2D eigenvalue weighted by atomic mass is 9.81. The zero-order chi connectivity index (χ0) is 13.2. The Morgan fingerprint density at radius 3 is 2.72 bits per heavy atom. The van der Waals surface area contributed by atoms with Crippen LogP contribution < -0.4 is 5.32 Å². The smallest absolute Gasteiger partial charge is 0.0457 e. The lowest BCUT2D eigenvalue weighted by Gasteiger charge is -2.29. The molecule has 1 aromatic carbocycles. The second-order valence-corrected chi connectivity index (χ2v) is 6.15. The molecule has 2 rings (SSSR count). The quantitative estimate of drug-likeness (QED) is 0.819. The second kappa shape index (κ2) is 5.15. The number of aromatic nitrogens is 1. The molecule has 0 radical (unpaired) electrons. The summed E-state index contributed by atoms with van der Waals surface area (Å²) in [5.74, 6) is 0.691. The summed E-state index contributed by atoms with van der Waals surface area (Å²) in [5, 5.41) is 4.85. The van der Waals surface area contributed by atoms with Crippen LogP contribution >= 0.6 is 0 Å². The van der Waals surface area contributed by atoms with Gasteiger partial charge in [0.2, 0.25) is 0 Å². The molecule has 0 aliphatic carbocycles. The van der Waals surface area contributed by atoms with E-state index in [4.69, 9.17) is 0 Å². The van der Waals surface area contributed by atoms with Gasteiger partial charge >= 0.3 is 0 Å². The maximum atomic E-state index is 3.57. The summed E-state index contributed by atoms with van der Waals surface area (Å²) in [6.45, 7) is 11.2. The third-order valence-electron chi connectivity index (χ3n) is 4.09. The molecule has 98 valence electrons. The molecule has 2 heteroatoms. The molecule has 1 heterocycles. The monoisotopic (exact) mass is 244 g/mol. The number of H-pyrrole nitrogens is 1. The first-order chi connectivity index (χ1) is 8.49. The van der Waals surface area contributed by atoms with Crippen LogP contribution in [0.25, 0.3) is 10.9 Å². The molecule has 0 unspecified atom stereocenters. The van der Waals surface area contributed by atoms with E-state index in [-0.39, 0.29) is 0 Å². The number of benzene rings is 1. The molecule has 2 aromatic rings. The van der Waals surface area contributed by atoms with Crippen LogP contribution in [0.15, 0.2) is 30.5 Å². The maximum absolute atomic E-state index is 3.57. The Labute approximate surface area is 110 Å². The first-order valence-corrected chi connectivity index (χ1v) is 6.76. The summed E-state index contributed by atoms with van der Waals surface area (Å²) in [6, 6.07) is 8.71. The molecule has 0 fully saturated rings. The van der Waals surface area contributed by atoms with Crippen LogP contribution in [0.2, 0.25) is 0 Å². The molecule has 0 atom stereocenters. The van der Waals surface area contributed by atoms with E-state index in [0.717, 1.165) is 13.1 Å². The fourth-order valence-electron chi connectivity index (χ4n) is 1.94. The highest BCUT2D eigenvalue weighted by molar-refractivity contribution is 5.79. The average Bonchev–Trinajstić information content (AvgIpc) is 2.75. The third kappa shape index (κ3) is 2.94. The van der Waals surface area contributed by atoms with Crippen molar-refractivity contribution in [3.63, 3.8) is 0 Å². The van der Waals surface area contributed by atoms with Crippen molar-refractivity contribution < 1.29 is 0 Å². The van der Waals surface area contributed by atoms with E-state index in [1.165, 1.54) is 16.5 Å². The van der Waals surface area contributed by atoms with E-state index in [2.05, 4.69) is 62.3 Å². The van der Waals surface area contributed by atoms with Crippen LogP contribution in [-0.4, -0.2) is 11.5 Å². The predicted molar refractivity (Wildman–Crippen MR) is 78.6 cm³/mol. The minimum atomic E-state index is 0.344. The molecular formula is C16H24N2. The molecule has 0 aliphatic rings. The number of nitrogens with one attached hydrogen (secondary N) is 2. The number of fused-ring (bicyclic) bond motifs is 1. The molecule has 0 spiro atoms. The van der Waals surface area contributed by atoms with Gasteiger partial charge in [0, 0.05) is 24.8 Å². The Morgan fingerprint density at radius 1 is 1.22 bits per heavy atom. The van der Waals surface area contributed by atoms with Crippen molar-refractivity contribution >= 4 is 10.9 Å². The summed E-state index contributed by atoms with van der Waals surface area (Å²) in [6.07, 6.45) is 1.99. The molecular weight excluding hydrogens is 220 g/mol. The number of rotatable bonds is 5. The Balaban J connectivity index is 1.94. The Morgan fingerprint density at radius 2 is 2.00 bits per heavy atom. The van der Waals surface area contributed by atoms with E-state index in [1.807, 2.05) is 6.20 Å². The minimum absolute atomic E-state index is 0.344. The molecule has 18 heavy (non-hydrogen) atoms. The van der Waals surface area contributed by atoms with E-state index < -0.39 is 0 Å². The van der Waals surface area contributed by atoms with Crippen LogP contribution in [-0.2, 0) is 6.54 Å². The number of hydrogen-bond donors (Lipinski definition) is 2. The van der Waals surface area contributed by atoms with Gasteiger partial charge in [0.25, 0.3) is 0 Å². The molecule has 0 saturated heterocycles. The van der Waals surface area contributed by atoms with Crippen molar-refractivity contribution in [2.75, 3.05) is 6.54 Å². The van der Waals surface area contributed by atoms with Crippen LogP contribution in [0.1, 0.15) is 33.3 Å². The van der Waals surface area contributed by atoms with Crippen LogP contribution in [0.3, 0.4) is 0 Å². The Bertz CT molecular complexity index is 509. The second-order valence-electron chi connectivity index (χ2n) is 6.15. The van der Waals surface area contributed by atoms with E-state index in [0.29, 0.717) is 11.3 Å². The number of hydrogen-bond acceptors (Lipinski definition) is 1. The van der Waals surface area contributed by atoms with Crippen LogP contribution in [0.4, 0.5) is 0 Å². The fraction of sp³-hybridized carbons (Fsp3) is 0.500. The third-order valence-corrected chi connectivity index (χ3v) is 4.09. The maximum Gasteiger partial charge on any atom is 0.0457 e. The van der Waals surface area contributed by atoms with Gasteiger partial charge in [-0.05, 0) is 34.4 Å². The lowest BCUT2D eigenvalue weighted by Crippen LogP contribution is -2.33. The van der Waals surface area contributed by atoms with Crippen LogP contribution in [0.5, 0.6) is 0 Å². The fourth-order valence-corrected chi connectivity index (χ4v) is 1.94. The molecule has 0 bridgehead atoms. The van der Waals surface area contributed by atoms with E-state index in [1.54, 1.807) is 0 Å². The normalized spacial score (nSPS) is 12.5. The SMILES string of the molecule is CC(C)C(C)(C)CNCc1ccc2cc[nH]c2c1. The topological polar surface area (TPSA) is 27.8 Å². The highest BCUT2D eigenvalue weighted by Crippen LogP contribution is 2.24. The Kier molecular flexibility index (Phi) is 3.76. The lowest BCUT2D eigenvalue weighted by molar-refractivity contribution is 0.238. The van der Waals surface area contributed by atoms with Crippen molar-refractivity contribution in [3.8, 4) is 0 Å². The average molecular weight is 244 g/mol. The highest BCUT2D eigenvalue weighted by Gasteiger charge is 2.21. The van der Waals surface area contributed by atoms with Crippen molar-refractivity contribution in [3.05, 3.63) is 36.0 Å². The van der Waals surface area contributed by atoms with Gasteiger partial charge in [0.1, 0.15) is 0 Å². The molecule has 2 N–H and O–H groups in total. The first kappa shape index (κ1) is 13.2. The first-order valence-electron chi connectivity index (χ1n) is 6.76. The van der Waals surface area contributed by atoms with Crippen molar-refractivity contribution in [1.82, 2.24) is 10.3 Å². The van der Waals surface area contributed by atoms with Crippen molar-refractivity contribution in [1.29, 1.82) is 0 Å². The van der Waals surface area contributed by atoms with Gasteiger partial charge in [0.05, 0.1) is 0 Å². The largest absolute Gasteiger partial charge is 0.361 e. The molecule has 0 saturated carbocycles. The summed E-state index contributed by atoms with van der Waals surface area (Å²) in [4.78, 5) is 3.26. The van der Waals surface area contributed by atoms with Gasteiger partial charge in [-0.3, -0.25) is 0 Å². The minimum Gasteiger partial charge on any atom is -0.361 e. The zero-order valence-corrected chi connectivity index (χ0v) is 11.9. The summed E-state index contributed by atoms with van der Waals surface area (Å²) in [5.41, 5.74) is 2.90. The number of aromatic amines is 1. The van der Waals surface area contributed by atoms with E-state index in [9.17, 15) is 0 Å². The highest BCUT2D eigenvalue weighted by atomic mass is 14.9. The molecule has 0 amide bonds. The molecule has 2 nitrogen and oxygen atoms in total. The summed E-state index contributed by atoms with van der Waals surface area (Å²) >= 11 is 0. The van der Waals surface area contributed by atoms with Gasteiger partial charge < -0.3 is 10.3 Å². The van der Waals surface area contributed by atoms with Gasteiger partial charge in [-0.25, -0.2) is 0 Å².